The summed E-state index contributed by atoms with van der Waals surface area (Å²) >= 11 is 1.80. The zero-order valence-electron chi connectivity index (χ0n) is 13.2. The molecule has 1 aromatic rings. The monoisotopic (exact) mass is 295 g/mol. The number of rotatable bonds is 10. The molecule has 1 saturated carbocycles. The molecular weight excluding hydrogens is 266 g/mol. The van der Waals surface area contributed by atoms with Crippen molar-refractivity contribution in [2.75, 3.05) is 13.1 Å². The summed E-state index contributed by atoms with van der Waals surface area (Å²) < 4.78 is 0. The normalized spacial score (nSPS) is 15.4. The summed E-state index contributed by atoms with van der Waals surface area (Å²) in [5.41, 5.74) is 1.26. The van der Waals surface area contributed by atoms with E-state index in [9.17, 15) is 0 Å². The molecule has 1 fully saturated rings. The highest BCUT2D eigenvalue weighted by molar-refractivity contribution is 7.09. The molecule has 0 radical (unpaired) electrons. The second-order valence-corrected chi connectivity index (χ2v) is 7.26. The maximum atomic E-state index is 4.78. The summed E-state index contributed by atoms with van der Waals surface area (Å²) in [5.74, 6) is 0.703. The van der Waals surface area contributed by atoms with E-state index in [0.717, 1.165) is 25.7 Å². The van der Waals surface area contributed by atoms with Gasteiger partial charge in [0.25, 0.3) is 0 Å². The third kappa shape index (κ3) is 5.51. The van der Waals surface area contributed by atoms with Crippen LogP contribution in [0.5, 0.6) is 0 Å². The van der Waals surface area contributed by atoms with E-state index in [1.807, 2.05) is 0 Å². The Morgan fingerprint density at radius 3 is 2.90 bits per heavy atom. The van der Waals surface area contributed by atoms with Gasteiger partial charge in [-0.2, -0.15) is 0 Å². The molecule has 1 aromatic heterocycles. The van der Waals surface area contributed by atoms with E-state index < -0.39 is 0 Å². The van der Waals surface area contributed by atoms with E-state index >= 15 is 0 Å². The smallest absolute Gasteiger partial charge is 0.107 e. The average molecular weight is 295 g/mol. The van der Waals surface area contributed by atoms with Gasteiger partial charge in [-0.05, 0) is 38.3 Å². The predicted molar refractivity (Wildman–Crippen MR) is 87.0 cm³/mol. The van der Waals surface area contributed by atoms with Crippen LogP contribution in [0.3, 0.4) is 0 Å². The molecule has 2 rings (SSSR count). The first-order chi connectivity index (χ1) is 9.69. The van der Waals surface area contributed by atoms with Gasteiger partial charge in [0.2, 0.25) is 0 Å². The van der Waals surface area contributed by atoms with Crippen LogP contribution < -0.4 is 5.32 Å². The van der Waals surface area contributed by atoms with Crippen molar-refractivity contribution in [2.24, 2.45) is 5.92 Å². The summed E-state index contributed by atoms with van der Waals surface area (Å²) in [4.78, 5) is 7.41. The van der Waals surface area contributed by atoms with Crippen molar-refractivity contribution in [3.05, 3.63) is 16.1 Å². The molecule has 0 aliphatic heterocycles. The molecule has 0 bridgehead atoms. The van der Waals surface area contributed by atoms with Crippen LogP contribution in [0.25, 0.3) is 0 Å². The zero-order chi connectivity index (χ0) is 14.4. The van der Waals surface area contributed by atoms with Crippen molar-refractivity contribution in [1.82, 2.24) is 15.2 Å². The largest absolute Gasteiger partial charge is 0.310 e. The van der Waals surface area contributed by atoms with Crippen LogP contribution in [-0.4, -0.2) is 29.0 Å². The Kier molecular flexibility index (Phi) is 6.46. The summed E-state index contributed by atoms with van der Waals surface area (Å²) in [7, 11) is 0. The summed E-state index contributed by atoms with van der Waals surface area (Å²) in [6, 6.07) is 0.839. The van der Waals surface area contributed by atoms with Crippen LogP contribution in [0.1, 0.15) is 57.2 Å². The Bertz CT molecular complexity index is 385. The molecular formula is C16H29N3S. The number of hydrogen-bond donors (Lipinski definition) is 1. The van der Waals surface area contributed by atoms with Crippen molar-refractivity contribution in [3.8, 4) is 0 Å². The van der Waals surface area contributed by atoms with Gasteiger partial charge in [-0.25, -0.2) is 4.98 Å². The first-order valence-corrected chi connectivity index (χ1v) is 8.95. The van der Waals surface area contributed by atoms with Crippen LogP contribution in [0.2, 0.25) is 0 Å². The Hall–Kier alpha value is -0.450. The van der Waals surface area contributed by atoms with Gasteiger partial charge in [-0.3, -0.25) is 4.90 Å². The number of aromatic nitrogens is 1. The molecule has 0 atom stereocenters. The molecule has 0 unspecified atom stereocenters. The fourth-order valence-electron chi connectivity index (χ4n) is 2.37. The van der Waals surface area contributed by atoms with E-state index in [-0.39, 0.29) is 0 Å². The van der Waals surface area contributed by atoms with Crippen LogP contribution in [0, 0.1) is 5.92 Å². The van der Waals surface area contributed by atoms with Crippen LogP contribution in [-0.2, 0) is 13.1 Å². The van der Waals surface area contributed by atoms with Crippen LogP contribution in [0.15, 0.2) is 5.38 Å². The first-order valence-electron chi connectivity index (χ1n) is 8.07. The number of nitrogens with zero attached hydrogens (tertiary/aromatic N) is 2. The highest BCUT2D eigenvalue weighted by atomic mass is 32.1. The highest BCUT2D eigenvalue weighted by Crippen LogP contribution is 2.28. The van der Waals surface area contributed by atoms with Crippen LogP contribution in [0.4, 0.5) is 0 Å². The second-order valence-electron chi connectivity index (χ2n) is 6.31. The van der Waals surface area contributed by atoms with Gasteiger partial charge < -0.3 is 5.32 Å². The lowest BCUT2D eigenvalue weighted by Crippen LogP contribution is -2.26. The minimum absolute atomic E-state index is 0.703. The molecule has 0 saturated heterocycles. The Morgan fingerprint density at radius 2 is 2.25 bits per heavy atom. The lowest BCUT2D eigenvalue weighted by molar-refractivity contribution is 0.248. The molecule has 114 valence electrons. The summed E-state index contributed by atoms with van der Waals surface area (Å²) in [6.45, 7) is 11.0. The molecule has 4 heteroatoms. The maximum absolute atomic E-state index is 4.78. The molecule has 0 aromatic carbocycles. The molecule has 3 nitrogen and oxygen atoms in total. The summed E-state index contributed by atoms with van der Waals surface area (Å²) in [5, 5.41) is 6.94. The zero-order valence-corrected chi connectivity index (χ0v) is 14.0. The first kappa shape index (κ1) is 15.9. The van der Waals surface area contributed by atoms with E-state index in [1.54, 1.807) is 11.3 Å². The molecule has 1 heterocycles. The van der Waals surface area contributed by atoms with E-state index in [4.69, 9.17) is 4.98 Å². The van der Waals surface area contributed by atoms with Gasteiger partial charge >= 0.3 is 0 Å². The Balaban J connectivity index is 1.78. The van der Waals surface area contributed by atoms with Gasteiger partial charge in [0, 0.05) is 24.5 Å². The highest BCUT2D eigenvalue weighted by Gasteiger charge is 2.28. The topological polar surface area (TPSA) is 28.2 Å². The fraction of sp³-hybridized carbons (Fsp3) is 0.812. The Morgan fingerprint density at radius 1 is 1.45 bits per heavy atom. The standard InChI is InChI=1S/C16H29N3S/c1-4-5-8-19(15-6-7-15)11-14-12-20-16(18-14)10-17-9-13(2)3/h12-13,15,17H,4-11H2,1-3H3. The lowest BCUT2D eigenvalue weighted by Gasteiger charge is -2.20. The minimum atomic E-state index is 0.703. The second kappa shape index (κ2) is 8.11. The number of hydrogen-bond acceptors (Lipinski definition) is 4. The molecule has 1 aliphatic carbocycles. The third-order valence-corrected chi connectivity index (χ3v) is 4.55. The number of nitrogens with one attached hydrogen (secondary N) is 1. The van der Waals surface area contributed by atoms with Crippen molar-refractivity contribution in [3.63, 3.8) is 0 Å². The average Bonchev–Trinajstić information content (AvgIpc) is 3.16. The van der Waals surface area contributed by atoms with Crippen LogP contribution >= 0.6 is 11.3 Å². The molecule has 20 heavy (non-hydrogen) atoms. The summed E-state index contributed by atoms with van der Waals surface area (Å²) in [6.07, 6.45) is 5.36. The molecule has 1 aliphatic rings. The van der Waals surface area contributed by atoms with Gasteiger partial charge in [0.05, 0.1) is 5.69 Å². The fourth-order valence-corrected chi connectivity index (χ4v) is 3.12. The molecule has 0 amide bonds. The maximum Gasteiger partial charge on any atom is 0.107 e. The molecule has 0 spiro atoms. The number of unbranched alkanes of at least 4 members (excludes halogenated alkanes) is 1. The van der Waals surface area contributed by atoms with Crippen molar-refractivity contribution in [2.45, 2.75) is 65.6 Å². The van der Waals surface area contributed by atoms with Gasteiger partial charge in [0.1, 0.15) is 5.01 Å². The van der Waals surface area contributed by atoms with Crippen molar-refractivity contribution >= 4 is 11.3 Å². The van der Waals surface area contributed by atoms with Gasteiger partial charge in [-0.1, -0.05) is 27.2 Å². The molecule has 1 N–H and O–H groups in total. The van der Waals surface area contributed by atoms with Gasteiger partial charge in [0.15, 0.2) is 0 Å². The quantitative estimate of drug-likeness (QED) is 0.714. The SMILES string of the molecule is CCCCN(Cc1csc(CNCC(C)C)n1)C1CC1. The van der Waals surface area contributed by atoms with Crippen molar-refractivity contribution in [1.29, 1.82) is 0 Å². The van der Waals surface area contributed by atoms with E-state index in [1.165, 1.54) is 42.9 Å². The Labute approximate surface area is 127 Å². The van der Waals surface area contributed by atoms with Gasteiger partial charge in [-0.15, -0.1) is 11.3 Å². The van der Waals surface area contributed by atoms with E-state index in [0.29, 0.717) is 5.92 Å². The van der Waals surface area contributed by atoms with Crippen molar-refractivity contribution < 1.29 is 0 Å². The minimum Gasteiger partial charge on any atom is -0.310 e. The number of thiazole rings is 1. The van der Waals surface area contributed by atoms with E-state index in [2.05, 4.69) is 36.4 Å². The third-order valence-electron chi connectivity index (χ3n) is 3.66. The predicted octanol–water partition coefficient (Wildman–Crippen LogP) is 3.65. The lowest BCUT2D eigenvalue weighted by atomic mass is 10.2.